The monoisotopic (exact) mass is 291 g/mol. The van der Waals surface area contributed by atoms with Crippen LogP contribution in [0, 0.1) is 5.41 Å². The van der Waals surface area contributed by atoms with Crippen molar-refractivity contribution < 1.29 is 4.79 Å². The summed E-state index contributed by atoms with van der Waals surface area (Å²) in [6, 6.07) is 3.91. The molecule has 3 rings (SSSR count). The second-order valence-corrected chi connectivity index (χ2v) is 7.19. The first kappa shape index (κ1) is 12.5. The predicted octanol–water partition coefficient (Wildman–Crippen LogP) is 3.89. The van der Waals surface area contributed by atoms with E-state index < -0.39 is 5.41 Å². The van der Waals surface area contributed by atoms with E-state index in [4.69, 9.17) is 0 Å². The highest BCUT2D eigenvalue weighted by Crippen LogP contribution is 2.34. The molecule has 0 aliphatic heterocycles. The van der Waals surface area contributed by atoms with Gasteiger partial charge in [0, 0.05) is 5.41 Å². The number of nitrogens with one attached hydrogen (secondary N) is 1. The van der Waals surface area contributed by atoms with Crippen molar-refractivity contribution in [3.05, 3.63) is 17.6 Å². The lowest BCUT2D eigenvalue weighted by atomic mass is 9.96. The summed E-state index contributed by atoms with van der Waals surface area (Å²) in [6.45, 7) is 5.66. The van der Waals surface area contributed by atoms with Gasteiger partial charge in [0.25, 0.3) is 0 Å². The maximum absolute atomic E-state index is 12.0. The van der Waals surface area contributed by atoms with E-state index >= 15 is 0 Å². The molecule has 0 aliphatic carbocycles. The van der Waals surface area contributed by atoms with E-state index in [0.29, 0.717) is 5.13 Å². The molecule has 0 fully saturated rings. The highest BCUT2D eigenvalue weighted by molar-refractivity contribution is 7.28. The first-order valence-electron chi connectivity index (χ1n) is 5.89. The normalized spacial score (nSPS) is 12.2. The van der Waals surface area contributed by atoms with Crippen LogP contribution in [0.1, 0.15) is 20.8 Å². The summed E-state index contributed by atoms with van der Waals surface area (Å²) < 4.78 is 2.22. The van der Waals surface area contributed by atoms with Gasteiger partial charge < -0.3 is 5.32 Å². The van der Waals surface area contributed by atoms with Crippen LogP contribution in [-0.2, 0) is 4.79 Å². The molecule has 0 radical (unpaired) electrons. The molecule has 2 aromatic heterocycles. The summed E-state index contributed by atoms with van der Waals surface area (Å²) in [5.41, 5.74) is 3.30. The zero-order chi connectivity index (χ0) is 13.6. The van der Waals surface area contributed by atoms with Crippen molar-refractivity contribution in [2.24, 2.45) is 5.41 Å². The van der Waals surface area contributed by atoms with Crippen LogP contribution < -0.4 is 5.32 Å². The van der Waals surface area contributed by atoms with Crippen LogP contribution in [0.25, 0.3) is 20.4 Å². The average molecular weight is 291 g/mol. The Bertz CT molecular complexity index is 767. The van der Waals surface area contributed by atoms with Gasteiger partial charge in [0.1, 0.15) is 0 Å². The SMILES string of the molecule is CC(C)(C)C(=O)Nc1nc2ccc3ncsc3c2s1. The van der Waals surface area contributed by atoms with E-state index in [-0.39, 0.29) is 5.91 Å². The van der Waals surface area contributed by atoms with Gasteiger partial charge in [-0.05, 0) is 12.1 Å². The highest BCUT2D eigenvalue weighted by Gasteiger charge is 2.22. The minimum Gasteiger partial charge on any atom is -0.301 e. The molecule has 1 aromatic carbocycles. The molecule has 4 nitrogen and oxygen atoms in total. The Labute approximate surface area is 118 Å². The van der Waals surface area contributed by atoms with E-state index in [1.807, 2.05) is 38.4 Å². The number of amides is 1. The third-order valence-corrected chi connectivity index (χ3v) is 4.75. The Morgan fingerprint density at radius 3 is 2.68 bits per heavy atom. The van der Waals surface area contributed by atoms with E-state index in [2.05, 4.69) is 15.3 Å². The predicted molar refractivity (Wildman–Crippen MR) is 80.9 cm³/mol. The number of anilines is 1. The van der Waals surface area contributed by atoms with Crippen LogP contribution in [0.4, 0.5) is 5.13 Å². The number of aromatic nitrogens is 2. The largest absolute Gasteiger partial charge is 0.301 e. The van der Waals surface area contributed by atoms with Gasteiger partial charge in [-0.25, -0.2) is 9.97 Å². The Balaban J connectivity index is 2.04. The minimum atomic E-state index is -0.419. The van der Waals surface area contributed by atoms with Gasteiger partial charge in [-0.3, -0.25) is 4.79 Å². The Kier molecular flexibility index (Phi) is 2.79. The molecule has 19 heavy (non-hydrogen) atoms. The quantitative estimate of drug-likeness (QED) is 0.740. The maximum Gasteiger partial charge on any atom is 0.231 e. The van der Waals surface area contributed by atoms with Crippen molar-refractivity contribution in [1.82, 2.24) is 9.97 Å². The van der Waals surface area contributed by atoms with Crippen LogP contribution in [0.2, 0.25) is 0 Å². The average Bonchev–Trinajstić information content (AvgIpc) is 2.90. The standard InChI is InChI=1S/C13H13N3OS2/c1-13(2,3)11(17)16-12-15-8-5-4-7-9(10(8)19-12)18-6-14-7/h4-6H,1-3H3,(H,15,16,17). The van der Waals surface area contributed by atoms with Gasteiger partial charge in [0.2, 0.25) is 5.91 Å². The zero-order valence-electron chi connectivity index (χ0n) is 10.9. The van der Waals surface area contributed by atoms with Gasteiger partial charge >= 0.3 is 0 Å². The molecular formula is C13H13N3OS2. The zero-order valence-corrected chi connectivity index (χ0v) is 12.5. The molecule has 0 bridgehead atoms. The summed E-state index contributed by atoms with van der Waals surface area (Å²) in [4.78, 5) is 20.7. The molecular weight excluding hydrogens is 278 g/mol. The first-order chi connectivity index (χ1) is 8.95. The van der Waals surface area contributed by atoms with E-state index in [0.717, 1.165) is 20.4 Å². The molecule has 0 atom stereocenters. The summed E-state index contributed by atoms with van der Waals surface area (Å²) >= 11 is 3.10. The molecule has 6 heteroatoms. The smallest absolute Gasteiger partial charge is 0.231 e. The van der Waals surface area contributed by atoms with Gasteiger partial charge in [0.15, 0.2) is 5.13 Å². The summed E-state index contributed by atoms with van der Waals surface area (Å²) in [5.74, 6) is -0.0212. The molecule has 1 amide bonds. The van der Waals surface area contributed by atoms with Gasteiger partial charge in [0.05, 0.1) is 25.9 Å². The molecule has 2 heterocycles. The molecule has 0 unspecified atom stereocenters. The van der Waals surface area contributed by atoms with Crippen molar-refractivity contribution in [1.29, 1.82) is 0 Å². The van der Waals surface area contributed by atoms with Gasteiger partial charge in [-0.1, -0.05) is 32.1 Å². The fraction of sp³-hybridized carbons (Fsp3) is 0.308. The molecule has 0 saturated heterocycles. The minimum absolute atomic E-state index is 0.0212. The molecule has 0 saturated carbocycles. The van der Waals surface area contributed by atoms with E-state index in [1.54, 1.807) is 11.3 Å². The number of hydrogen-bond acceptors (Lipinski definition) is 5. The number of thiazole rings is 2. The summed E-state index contributed by atoms with van der Waals surface area (Å²) in [6.07, 6.45) is 0. The van der Waals surface area contributed by atoms with Gasteiger partial charge in [-0.15, -0.1) is 11.3 Å². The number of carbonyl (C=O) groups excluding carboxylic acids is 1. The van der Waals surface area contributed by atoms with E-state index in [9.17, 15) is 4.79 Å². The topological polar surface area (TPSA) is 54.9 Å². The molecule has 3 aromatic rings. The number of benzene rings is 1. The molecule has 0 aliphatic rings. The van der Waals surface area contributed by atoms with Crippen LogP contribution >= 0.6 is 22.7 Å². The number of rotatable bonds is 1. The highest BCUT2D eigenvalue weighted by atomic mass is 32.1. The second kappa shape index (κ2) is 4.25. The maximum atomic E-state index is 12.0. The molecule has 1 N–H and O–H groups in total. The fourth-order valence-corrected chi connectivity index (χ4v) is 3.54. The van der Waals surface area contributed by atoms with Crippen LogP contribution in [-0.4, -0.2) is 15.9 Å². The van der Waals surface area contributed by atoms with Crippen molar-refractivity contribution in [2.45, 2.75) is 20.8 Å². The number of nitrogens with zero attached hydrogens (tertiary/aromatic N) is 2. The third kappa shape index (κ3) is 2.21. The number of fused-ring (bicyclic) bond motifs is 3. The Morgan fingerprint density at radius 1 is 1.21 bits per heavy atom. The van der Waals surface area contributed by atoms with Crippen molar-refractivity contribution >= 4 is 54.1 Å². The third-order valence-electron chi connectivity index (χ3n) is 2.76. The lowest BCUT2D eigenvalue weighted by Gasteiger charge is -2.15. The van der Waals surface area contributed by atoms with Gasteiger partial charge in [-0.2, -0.15) is 0 Å². The molecule has 0 spiro atoms. The Hall–Kier alpha value is -1.53. The summed E-state index contributed by atoms with van der Waals surface area (Å²) in [5, 5.41) is 3.53. The van der Waals surface area contributed by atoms with Crippen molar-refractivity contribution in [3.8, 4) is 0 Å². The Morgan fingerprint density at radius 2 is 1.95 bits per heavy atom. The lowest BCUT2D eigenvalue weighted by molar-refractivity contribution is -0.123. The lowest BCUT2D eigenvalue weighted by Crippen LogP contribution is -2.27. The number of hydrogen-bond donors (Lipinski definition) is 1. The first-order valence-corrected chi connectivity index (χ1v) is 7.59. The molecule has 98 valence electrons. The number of carbonyl (C=O) groups is 1. The van der Waals surface area contributed by atoms with Crippen molar-refractivity contribution in [3.63, 3.8) is 0 Å². The second-order valence-electron chi connectivity index (χ2n) is 5.34. The van der Waals surface area contributed by atoms with Crippen LogP contribution in [0.15, 0.2) is 17.6 Å². The fourth-order valence-electron chi connectivity index (χ4n) is 1.65. The van der Waals surface area contributed by atoms with Crippen LogP contribution in [0.5, 0.6) is 0 Å². The van der Waals surface area contributed by atoms with E-state index in [1.165, 1.54) is 11.3 Å². The van der Waals surface area contributed by atoms with Crippen molar-refractivity contribution in [2.75, 3.05) is 5.32 Å². The summed E-state index contributed by atoms with van der Waals surface area (Å²) in [7, 11) is 0. The van der Waals surface area contributed by atoms with Crippen LogP contribution in [0.3, 0.4) is 0 Å².